The van der Waals surface area contributed by atoms with E-state index in [4.69, 9.17) is 0 Å². The number of nitrogens with one attached hydrogen (secondary N) is 1. The Morgan fingerprint density at radius 3 is 2.18 bits per heavy atom. The van der Waals surface area contributed by atoms with Crippen molar-refractivity contribution in [1.29, 1.82) is 0 Å². The van der Waals surface area contributed by atoms with Gasteiger partial charge in [-0.25, -0.2) is 4.98 Å². The minimum absolute atomic E-state index is 0.189. The van der Waals surface area contributed by atoms with Gasteiger partial charge in [-0.1, -0.05) is 48.5 Å². The number of carbonyl (C=O) groups is 1. The van der Waals surface area contributed by atoms with E-state index in [0.717, 1.165) is 44.1 Å². The van der Waals surface area contributed by atoms with Crippen LogP contribution in [0.2, 0.25) is 0 Å². The van der Waals surface area contributed by atoms with Crippen LogP contribution in [-0.2, 0) is 6.54 Å². The number of pyridine rings is 1. The zero-order valence-corrected chi connectivity index (χ0v) is 15.8. The topological polar surface area (TPSA) is 48.5 Å². The molecule has 2 aromatic carbocycles. The quantitative estimate of drug-likeness (QED) is 0.743. The monoisotopic (exact) mass is 372 g/mol. The van der Waals surface area contributed by atoms with Crippen LogP contribution < -0.4 is 10.2 Å². The molecule has 0 bridgehead atoms. The third-order valence-corrected chi connectivity index (χ3v) is 5.00. The first-order chi connectivity index (χ1) is 13.8. The lowest BCUT2D eigenvalue weighted by molar-refractivity contribution is 0.102. The number of anilines is 2. The Hall–Kier alpha value is -3.18. The Labute approximate surface area is 165 Å². The third kappa shape index (κ3) is 4.56. The first-order valence-electron chi connectivity index (χ1n) is 9.61. The highest BCUT2D eigenvalue weighted by Gasteiger charge is 2.18. The molecule has 5 nitrogen and oxygen atoms in total. The van der Waals surface area contributed by atoms with Crippen LogP contribution in [0.3, 0.4) is 0 Å². The maximum Gasteiger partial charge on any atom is 0.274 e. The third-order valence-electron chi connectivity index (χ3n) is 5.00. The lowest BCUT2D eigenvalue weighted by Crippen LogP contribution is -2.46. The molecule has 1 amide bonds. The smallest absolute Gasteiger partial charge is 0.274 e. The summed E-state index contributed by atoms with van der Waals surface area (Å²) in [5.74, 6) is -0.189. The van der Waals surface area contributed by atoms with E-state index in [0.29, 0.717) is 5.69 Å². The second-order valence-electron chi connectivity index (χ2n) is 6.97. The molecular weight excluding hydrogens is 348 g/mol. The molecule has 5 heteroatoms. The summed E-state index contributed by atoms with van der Waals surface area (Å²) in [6.45, 7) is 4.95. The first-order valence-corrected chi connectivity index (χ1v) is 9.61. The number of para-hydroxylation sites is 1. The van der Waals surface area contributed by atoms with Crippen LogP contribution in [-0.4, -0.2) is 42.0 Å². The molecule has 1 aliphatic rings. The SMILES string of the molecule is O=C(Nc1ccccc1)c1ccc(N2CCN(Cc3ccccc3)CC2)cn1. The normalized spacial score (nSPS) is 14.6. The van der Waals surface area contributed by atoms with Gasteiger partial charge in [-0.05, 0) is 29.8 Å². The minimum Gasteiger partial charge on any atom is -0.368 e. The summed E-state index contributed by atoms with van der Waals surface area (Å²) >= 11 is 0. The van der Waals surface area contributed by atoms with Crippen molar-refractivity contribution < 1.29 is 4.79 Å². The van der Waals surface area contributed by atoms with Crippen LogP contribution in [0.4, 0.5) is 11.4 Å². The molecule has 0 unspecified atom stereocenters. The molecule has 142 valence electrons. The molecule has 1 aliphatic heterocycles. The highest BCUT2D eigenvalue weighted by molar-refractivity contribution is 6.02. The van der Waals surface area contributed by atoms with E-state index in [1.807, 2.05) is 36.4 Å². The summed E-state index contributed by atoms with van der Waals surface area (Å²) in [4.78, 5) is 21.5. The van der Waals surface area contributed by atoms with Crippen molar-refractivity contribution in [3.63, 3.8) is 0 Å². The fourth-order valence-corrected chi connectivity index (χ4v) is 3.43. The van der Waals surface area contributed by atoms with Crippen LogP contribution in [0.1, 0.15) is 16.1 Å². The highest BCUT2D eigenvalue weighted by Crippen LogP contribution is 2.17. The molecule has 1 aromatic heterocycles. The number of aromatic nitrogens is 1. The lowest BCUT2D eigenvalue weighted by Gasteiger charge is -2.36. The number of amides is 1. The van der Waals surface area contributed by atoms with E-state index in [2.05, 4.69) is 50.4 Å². The number of rotatable bonds is 5. The molecule has 0 saturated carbocycles. The lowest BCUT2D eigenvalue weighted by atomic mass is 10.2. The molecule has 4 rings (SSSR count). The molecule has 1 fully saturated rings. The van der Waals surface area contributed by atoms with Crippen LogP contribution in [0.25, 0.3) is 0 Å². The molecular formula is C23H24N4O. The van der Waals surface area contributed by atoms with Crippen molar-refractivity contribution in [1.82, 2.24) is 9.88 Å². The molecule has 0 spiro atoms. The highest BCUT2D eigenvalue weighted by atomic mass is 16.1. The predicted octanol–water partition coefficient (Wildman–Crippen LogP) is 3.66. The molecule has 1 N–H and O–H groups in total. The van der Waals surface area contributed by atoms with Crippen molar-refractivity contribution in [2.45, 2.75) is 6.54 Å². The number of piperazine rings is 1. The predicted molar refractivity (Wildman–Crippen MR) is 113 cm³/mol. The molecule has 2 heterocycles. The van der Waals surface area contributed by atoms with Crippen LogP contribution in [0, 0.1) is 0 Å². The summed E-state index contributed by atoms with van der Waals surface area (Å²) in [6.07, 6.45) is 1.80. The van der Waals surface area contributed by atoms with Crippen molar-refractivity contribution in [2.24, 2.45) is 0 Å². The van der Waals surface area contributed by atoms with Crippen molar-refractivity contribution in [3.8, 4) is 0 Å². The summed E-state index contributed by atoms with van der Waals surface area (Å²) in [5.41, 5.74) is 3.62. The average Bonchev–Trinajstić information content (AvgIpc) is 2.76. The second-order valence-corrected chi connectivity index (χ2v) is 6.97. The summed E-state index contributed by atoms with van der Waals surface area (Å²) < 4.78 is 0. The fourth-order valence-electron chi connectivity index (χ4n) is 3.43. The summed E-state index contributed by atoms with van der Waals surface area (Å²) in [7, 11) is 0. The van der Waals surface area contributed by atoms with E-state index in [1.54, 1.807) is 12.3 Å². The van der Waals surface area contributed by atoms with Crippen LogP contribution in [0.15, 0.2) is 79.0 Å². The molecule has 0 aliphatic carbocycles. The van der Waals surface area contributed by atoms with Crippen molar-refractivity contribution in [3.05, 3.63) is 90.3 Å². The van der Waals surface area contributed by atoms with Gasteiger partial charge >= 0.3 is 0 Å². The van der Waals surface area contributed by atoms with Gasteiger partial charge in [0, 0.05) is 38.4 Å². The zero-order chi connectivity index (χ0) is 19.2. The van der Waals surface area contributed by atoms with Crippen LogP contribution >= 0.6 is 0 Å². The van der Waals surface area contributed by atoms with E-state index in [1.165, 1.54) is 5.56 Å². The van der Waals surface area contributed by atoms with Gasteiger partial charge in [0.15, 0.2) is 0 Å². The van der Waals surface area contributed by atoms with E-state index in [9.17, 15) is 4.79 Å². The average molecular weight is 372 g/mol. The first kappa shape index (κ1) is 18.2. The molecule has 0 atom stereocenters. The van der Waals surface area contributed by atoms with Crippen molar-refractivity contribution >= 4 is 17.3 Å². The molecule has 28 heavy (non-hydrogen) atoms. The zero-order valence-electron chi connectivity index (χ0n) is 15.8. The fraction of sp³-hybridized carbons (Fsp3) is 0.217. The standard InChI is InChI=1S/C23H24N4O/c28-23(25-20-9-5-2-6-10-20)22-12-11-21(17-24-22)27-15-13-26(14-16-27)18-19-7-3-1-4-8-19/h1-12,17H,13-16,18H2,(H,25,28). The Morgan fingerprint density at radius 1 is 0.857 bits per heavy atom. The van der Waals surface area contributed by atoms with E-state index >= 15 is 0 Å². The molecule has 0 radical (unpaired) electrons. The van der Waals surface area contributed by atoms with Gasteiger partial charge in [-0.3, -0.25) is 9.69 Å². The van der Waals surface area contributed by atoms with Gasteiger partial charge in [0.1, 0.15) is 5.69 Å². The number of nitrogens with zero attached hydrogens (tertiary/aromatic N) is 3. The Kier molecular flexibility index (Phi) is 5.64. The van der Waals surface area contributed by atoms with Gasteiger partial charge < -0.3 is 10.2 Å². The van der Waals surface area contributed by atoms with Gasteiger partial charge in [-0.15, -0.1) is 0 Å². The van der Waals surface area contributed by atoms with Crippen molar-refractivity contribution in [2.75, 3.05) is 36.4 Å². The maximum atomic E-state index is 12.3. The number of benzene rings is 2. The number of hydrogen-bond acceptors (Lipinski definition) is 4. The summed E-state index contributed by atoms with van der Waals surface area (Å²) in [6, 6.07) is 23.8. The Morgan fingerprint density at radius 2 is 1.54 bits per heavy atom. The maximum absolute atomic E-state index is 12.3. The molecule has 1 saturated heterocycles. The minimum atomic E-state index is -0.189. The van der Waals surface area contributed by atoms with Crippen LogP contribution in [0.5, 0.6) is 0 Å². The van der Waals surface area contributed by atoms with Gasteiger partial charge in [0.25, 0.3) is 5.91 Å². The Balaban J connectivity index is 1.31. The van der Waals surface area contributed by atoms with Gasteiger partial charge in [-0.2, -0.15) is 0 Å². The van der Waals surface area contributed by atoms with E-state index in [-0.39, 0.29) is 5.91 Å². The number of carbonyl (C=O) groups excluding carboxylic acids is 1. The Bertz CT molecular complexity index is 889. The van der Waals surface area contributed by atoms with Gasteiger partial charge in [0.05, 0.1) is 11.9 Å². The number of hydrogen-bond donors (Lipinski definition) is 1. The summed E-state index contributed by atoms with van der Waals surface area (Å²) in [5, 5.41) is 2.86. The second kappa shape index (κ2) is 8.67. The molecule has 3 aromatic rings. The largest absolute Gasteiger partial charge is 0.368 e. The van der Waals surface area contributed by atoms with Gasteiger partial charge in [0.2, 0.25) is 0 Å². The van der Waals surface area contributed by atoms with E-state index < -0.39 is 0 Å².